The van der Waals surface area contributed by atoms with Gasteiger partial charge >= 0.3 is 6.36 Å². The van der Waals surface area contributed by atoms with Gasteiger partial charge < -0.3 is 9.64 Å². The molecule has 0 aromatic heterocycles. The van der Waals surface area contributed by atoms with Crippen LogP contribution in [-0.2, 0) is 4.79 Å². The molecule has 0 spiro atoms. The lowest BCUT2D eigenvalue weighted by molar-refractivity contribution is -0.274. The van der Waals surface area contributed by atoms with Crippen molar-refractivity contribution in [3.63, 3.8) is 0 Å². The molecule has 1 saturated heterocycles. The first kappa shape index (κ1) is 14.6. The summed E-state index contributed by atoms with van der Waals surface area (Å²) >= 11 is 6.50. The van der Waals surface area contributed by atoms with Crippen molar-refractivity contribution < 1.29 is 22.7 Å². The van der Waals surface area contributed by atoms with Gasteiger partial charge in [-0.2, -0.15) is 0 Å². The minimum Gasteiger partial charge on any atom is -0.406 e. The summed E-state index contributed by atoms with van der Waals surface area (Å²) in [5.41, 5.74) is 0.529. The van der Waals surface area contributed by atoms with E-state index in [1.54, 1.807) is 0 Å². The van der Waals surface area contributed by atoms with E-state index < -0.39 is 6.36 Å². The van der Waals surface area contributed by atoms with E-state index in [9.17, 15) is 18.0 Å². The Bertz CT molecular complexity index is 507. The smallest absolute Gasteiger partial charge is 0.406 e. The summed E-state index contributed by atoms with van der Waals surface area (Å²) in [4.78, 5) is 13.3. The third-order valence-corrected chi connectivity index (χ3v) is 3.77. The Morgan fingerprint density at radius 2 is 2.05 bits per heavy atom. The Morgan fingerprint density at radius 1 is 1.37 bits per heavy atom. The molecule has 0 bridgehead atoms. The van der Waals surface area contributed by atoms with Crippen LogP contribution in [0, 0.1) is 0 Å². The van der Waals surface area contributed by atoms with Gasteiger partial charge in [0.15, 0.2) is 0 Å². The zero-order chi connectivity index (χ0) is 14.2. The molecule has 1 aliphatic heterocycles. The average Bonchev–Trinajstić information content (AvgIpc) is 2.55. The van der Waals surface area contributed by atoms with Crippen molar-refractivity contribution in [1.82, 2.24) is 0 Å². The summed E-state index contributed by atoms with van der Waals surface area (Å²) in [6, 6.07) is 3.80. The first-order valence-electron chi connectivity index (χ1n) is 5.26. The molecular formula is C11H8Br2F3NO2. The Labute approximate surface area is 124 Å². The van der Waals surface area contributed by atoms with E-state index >= 15 is 0 Å². The Kier molecular flexibility index (Phi) is 4.10. The van der Waals surface area contributed by atoms with Crippen molar-refractivity contribution in [2.24, 2.45) is 0 Å². The fraction of sp³-hybridized carbons (Fsp3) is 0.364. The number of benzene rings is 1. The van der Waals surface area contributed by atoms with E-state index in [0.717, 1.165) is 0 Å². The van der Waals surface area contributed by atoms with E-state index in [4.69, 9.17) is 0 Å². The molecule has 0 saturated carbocycles. The molecule has 0 radical (unpaired) electrons. The molecule has 1 amide bonds. The molecule has 1 aromatic rings. The molecule has 1 fully saturated rings. The molecule has 0 N–H and O–H groups in total. The number of ether oxygens (including phenoxy) is 1. The second kappa shape index (κ2) is 5.32. The second-order valence-corrected chi connectivity index (χ2v) is 6.12. The fourth-order valence-electron chi connectivity index (χ4n) is 1.80. The van der Waals surface area contributed by atoms with Crippen LogP contribution in [-0.4, -0.2) is 23.6 Å². The maximum atomic E-state index is 12.1. The highest BCUT2D eigenvalue weighted by Gasteiger charge is 2.32. The van der Waals surface area contributed by atoms with E-state index in [-0.39, 0.29) is 16.5 Å². The van der Waals surface area contributed by atoms with Crippen LogP contribution in [0.2, 0.25) is 0 Å². The minimum absolute atomic E-state index is 0.0537. The highest BCUT2D eigenvalue weighted by molar-refractivity contribution is 9.10. The highest BCUT2D eigenvalue weighted by atomic mass is 79.9. The van der Waals surface area contributed by atoms with E-state index in [1.807, 2.05) is 0 Å². The van der Waals surface area contributed by atoms with Crippen molar-refractivity contribution in [3.8, 4) is 5.75 Å². The molecule has 1 unspecified atom stereocenters. The zero-order valence-electron chi connectivity index (χ0n) is 9.38. The second-order valence-electron chi connectivity index (χ2n) is 3.97. The van der Waals surface area contributed by atoms with Gasteiger partial charge in [-0.1, -0.05) is 15.9 Å². The Morgan fingerprint density at radius 3 is 2.53 bits per heavy atom. The van der Waals surface area contributed by atoms with Gasteiger partial charge in [-0.05, 0) is 34.1 Å². The number of hydrogen-bond acceptors (Lipinski definition) is 2. The van der Waals surface area contributed by atoms with Gasteiger partial charge in [-0.15, -0.1) is 13.2 Å². The maximum absolute atomic E-state index is 12.1. The standard InChI is InChI=1S/C11H8Br2F3NO2/c12-6-3-10(18)17(5-6)9-2-1-7(4-8(9)13)19-11(14,15)16/h1-2,4,6H,3,5H2. The molecule has 104 valence electrons. The molecule has 3 nitrogen and oxygen atoms in total. The van der Waals surface area contributed by atoms with Crippen LogP contribution in [0.15, 0.2) is 22.7 Å². The lowest BCUT2D eigenvalue weighted by atomic mass is 10.3. The summed E-state index contributed by atoms with van der Waals surface area (Å²) in [6.07, 6.45) is -4.36. The molecule has 2 rings (SSSR count). The molecule has 19 heavy (non-hydrogen) atoms. The molecule has 1 atom stereocenters. The number of amides is 1. The molecular weight excluding hydrogens is 395 g/mol. The highest BCUT2D eigenvalue weighted by Crippen LogP contribution is 2.35. The molecule has 1 aliphatic rings. The van der Waals surface area contributed by atoms with Gasteiger partial charge in [0.05, 0.1) is 5.69 Å². The molecule has 0 aliphatic carbocycles. The van der Waals surface area contributed by atoms with Crippen molar-refractivity contribution in [2.75, 3.05) is 11.4 Å². The number of carbonyl (C=O) groups is 1. The lowest BCUT2D eigenvalue weighted by Crippen LogP contribution is -2.25. The van der Waals surface area contributed by atoms with Crippen molar-refractivity contribution in [2.45, 2.75) is 17.6 Å². The lowest BCUT2D eigenvalue weighted by Gasteiger charge is -2.18. The van der Waals surface area contributed by atoms with Crippen LogP contribution in [0.3, 0.4) is 0 Å². The number of anilines is 1. The minimum atomic E-state index is -4.73. The predicted molar refractivity (Wildman–Crippen MR) is 70.5 cm³/mol. The zero-order valence-corrected chi connectivity index (χ0v) is 12.5. The largest absolute Gasteiger partial charge is 0.573 e. The number of hydrogen-bond donors (Lipinski definition) is 0. The third kappa shape index (κ3) is 3.62. The quantitative estimate of drug-likeness (QED) is 0.703. The number of rotatable bonds is 2. The van der Waals surface area contributed by atoms with E-state index in [0.29, 0.717) is 23.1 Å². The predicted octanol–water partition coefficient (Wildman–Crippen LogP) is 3.85. The number of alkyl halides is 4. The van der Waals surface area contributed by atoms with Gasteiger partial charge in [0.1, 0.15) is 5.75 Å². The summed E-state index contributed by atoms with van der Waals surface area (Å²) < 4.78 is 40.4. The average molecular weight is 403 g/mol. The fourth-order valence-corrected chi connectivity index (χ4v) is 2.94. The van der Waals surface area contributed by atoms with Crippen molar-refractivity contribution in [1.29, 1.82) is 0 Å². The van der Waals surface area contributed by atoms with Crippen LogP contribution in [0.25, 0.3) is 0 Å². The van der Waals surface area contributed by atoms with Gasteiger partial charge in [0, 0.05) is 22.3 Å². The molecule has 1 heterocycles. The summed E-state index contributed by atoms with van der Waals surface area (Å²) in [7, 11) is 0. The topological polar surface area (TPSA) is 29.5 Å². The van der Waals surface area contributed by atoms with Gasteiger partial charge in [-0.3, -0.25) is 4.79 Å². The van der Waals surface area contributed by atoms with Crippen LogP contribution in [0.4, 0.5) is 18.9 Å². The number of nitrogens with zero attached hydrogens (tertiary/aromatic N) is 1. The Hall–Kier alpha value is -0.760. The normalized spacial score (nSPS) is 19.9. The van der Waals surface area contributed by atoms with Crippen LogP contribution < -0.4 is 9.64 Å². The van der Waals surface area contributed by atoms with Crippen LogP contribution in [0.5, 0.6) is 5.75 Å². The van der Waals surface area contributed by atoms with E-state index in [2.05, 4.69) is 36.6 Å². The van der Waals surface area contributed by atoms with Crippen LogP contribution in [0.1, 0.15) is 6.42 Å². The van der Waals surface area contributed by atoms with E-state index in [1.165, 1.54) is 23.1 Å². The third-order valence-electron chi connectivity index (χ3n) is 2.52. The van der Waals surface area contributed by atoms with Gasteiger partial charge in [0.25, 0.3) is 0 Å². The maximum Gasteiger partial charge on any atom is 0.573 e. The van der Waals surface area contributed by atoms with Gasteiger partial charge in [-0.25, -0.2) is 0 Å². The summed E-state index contributed by atoms with van der Waals surface area (Å²) in [6.45, 7) is 0.483. The summed E-state index contributed by atoms with van der Waals surface area (Å²) in [5, 5.41) is 0. The number of carbonyl (C=O) groups excluding carboxylic acids is 1. The SMILES string of the molecule is O=C1CC(Br)CN1c1ccc(OC(F)(F)F)cc1Br. The van der Waals surface area contributed by atoms with Crippen molar-refractivity contribution in [3.05, 3.63) is 22.7 Å². The first-order valence-corrected chi connectivity index (χ1v) is 6.97. The van der Waals surface area contributed by atoms with Gasteiger partial charge in [0.2, 0.25) is 5.91 Å². The molecule has 8 heteroatoms. The molecule has 1 aromatic carbocycles. The monoisotopic (exact) mass is 401 g/mol. The first-order chi connectivity index (χ1) is 8.76. The summed E-state index contributed by atoms with van der Waals surface area (Å²) in [5.74, 6) is -0.405. The van der Waals surface area contributed by atoms with Crippen LogP contribution >= 0.6 is 31.9 Å². The Balaban J connectivity index is 2.22. The number of halogens is 5. The van der Waals surface area contributed by atoms with Crippen molar-refractivity contribution >= 4 is 43.5 Å².